The smallest absolute Gasteiger partial charge is 0.186 e. The predicted octanol–water partition coefficient (Wildman–Crippen LogP) is 6.49. The Bertz CT molecular complexity index is 874. The lowest BCUT2D eigenvalue weighted by atomic mass is 9.47. The highest BCUT2D eigenvalue weighted by Gasteiger charge is 2.59. The minimum absolute atomic E-state index is 0.00354. The third-order valence-electron chi connectivity index (χ3n) is 13.3. The summed E-state index contributed by atoms with van der Waals surface area (Å²) in [6, 6.07) is 0. The van der Waals surface area contributed by atoms with Crippen LogP contribution in [0.2, 0.25) is 0 Å². The maximum Gasteiger partial charge on any atom is 0.186 e. The van der Waals surface area contributed by atoms with Crippen LogP contribution in [0.1, 0.15) is 112 Å². The van der Waals surface area contributed by atoms with Gasteiger partial charge in [-0.15, -0.1) is 0 Å². The zero-order valence-electron chi connectivity index (χ0n) is 25.6. The molecule has 1 saturated heterocycles. The molecule has 5 aliphatic rings. The second-order valence-electron chi connectivity index (χ2n) is 15.2. The molecule has 0 radical (unpaired) electrons. The van der Waals surface area contributed by atoms with E-state index in [-0.39, 0.29) is 18.1 Å². The Hall–Kier alpha value is -0.460. The van der Waals surface area contributed by atoms with Gasteiger partial charge in [0.25, 0.3) is 0 Å². The Morgan fingerprint density at radius 3 is 2.46 bits per heavy atom. The summed E-state index contributed by atoms with van der Waals surface area (Å²) in [7, 11) is 0. The van der Waals surface area contributed by atoms with Crippen LogP contribution < -0.4 is 0 Å². The number of fused-ring (bicyclic) bond motifs is 5. The maximum atomic E-state index is 10.4. The minimum atomic E-state index is -1.22. The first-order valence-electron chi connectivity index (χ1n) is 16.5. The van der Waals surface area contributed by atoms with Gasteiger partial charge in [-0.05, 0) is 104 Å². The van der Waals surface area contributed by atoms with Gasteiger partial charge in [0.1, 0.15) is 18.3 Å². The van der Waals surface area contributed by atoms with Crippen LogP contribution in [0.25, 0.3) is 0 Å². The number of rotatable bonds is 8. The van der Waals surface area contributed by atoms with Gasteiger partial charge < -0.3 is 24.8 Å². The first-order valence-corrected chi connectivity index (χ1v) is 16.5. The van der Waals surface area contributed by atoms with Gasteiger partial charge >= 0.3 is 0 Å². The second-order valence-corrected chi connectivity index (χ2v) is 15.2. The molecule has 14 atom stereocenters. The normalized spacial score (nSPS) is 48.3. The fourth-order valence-corrected chi connectivity index (χ4v) is 10.2. The average molecular weight is 547 g/mol. The lowest BCUT2D eigenvalue weighted by molar-refractivity contribution is -0.284. The number of hydrogen-bond donors (Lipinski definition) is 3. The van der Waals surface area contributed by atoms with Gasteiger partial charge in [0.15, 0.2) is 6.29 Å². The first kappa shape index (κ1) is 30.0. The lowest BCUT2D eigenvalue weighted by Crippen LogP contribution is -2.55. The van der Waals surface area contributed by atoms with E-state index in [4.69, 9.17) is 9.47 Å². The largest absolute Gasteiger partial charge is 0.388 e. The molecule has 5 heteroatoms. The molecule has 0 aromatic carbocycles. The molecular weight excluding hydrogens is 488 g/mol. The highest BCUT2D eigenvalue weighted by atomic mass is 16.7. The number of aliphatic hydroxyl groups is 3. The van der Waals surface area contributed by atoms with Crippen molar-refractivity contribution in [2.75, 3.05) is 6.61 Å². The van der Waals surface area contributed by atoms with Crippen molar-refractivity contribution in [1.29, 1.82) is 0 Å². The summed E-state index contributed by atoms with van der Waals surface area (Å²) in [4.78, 5) is 0. The molecule has 0 amide bonds. The van der Waals surface area contributed by atoms with E-state index >= 15 is 0 Å². The molecular formula is C34H58O5. The van der Waals surface area contributed by atoms with Crippen molar-refractivity contribution in [1.82, 2.24) is 0 Å². The molecule has 1 aliphatic heterocycles. The molecule has 4 fully saturated rings. The van der Waals surface area contributed by atoms with Crippen LogP contribution in [0.3, 0.4) is 0 Å². The van der Waals surface area contributed by atoms with Gasteiger partial charge in [0.05, 0.1) is 12.7 Å². The first-order chi connectivity index (χ1) is 18.5. The number of allylic oxidation sites excluding steroid dienone is 1. The molecule has 0 bridgehead atoms. The molecule has 5 nitrogen and oxygen atoms in total. The van der Waals surface area contributed by atoms with Gasteiger partial charge in [0.2, 0.25) is 0 Å². The van der Waals surface area contributed by atoms with Crippen LogP contribution in [-0.2, 0) is 9.47 Å². The van der Waals surface area contributed by atoms with Crippen molar-refractivity contribution in [2.24, 2.45) is 52.3 Å². The Balaban J connectivity index is 1.23. The molecule has 1 heterocycles. The summed E-state index contributed by atoms with van der Waals surface area (Å²) in [6.45, 7) is 15.0. The van der Waals surface area contributed by atoms with E-state index in [1.165, 1.54) is 51.4 Å². The van der Waals surface area contributed by atoms with Crippen molar-refractivity contribution in [3.63, 3.8) is 0 Å². The zero-order chi connectivity index (χ0) is 28.1. The number of ether oxygens (including phenoxy) is 2. The van der Waals surface area contributed by atoms with E-state index in [9.17, 15) is 15.3 Å². The van der Waals surface area contributed by atoms with E-state index in [1.54, 1.807) is 5.57 Å². The summed E-state index contributed by atoms with van der Waals surface area (Å²) >= 11 is 0. The molecule has 14 unspecified atom stereocenters. The molecule has 0 aromatic heterocycles. The molecule has 4 aliphatic carbocycles. The summed E-state index contributed by atoms with van der Waals surface area (Å²) in [5.74, 6) is 5.82. The summed E-state index contributed by atoms with van der Waals surface area (Å²) in [5, 5.41) is 30.2. The van der Waals surface area contributed by atoms with Gasteiger partial charge in [-0.25, -0.2) is 0 Å². The Morgan fingerprint density at radius 1 is 0.949 bits per heavy atom. The van der Waals surface area contributed by atoms with E-state index in [0.717, 1.165) is 60.7 Å². The fraction of sp³-hybridized carbons (Fsp3) is 0.941. The molecule has 5 rings (SSSR count). The van der Waals surface area contributed by atoms with Crippen LogP contribution in [0.5, 0.6) is 0 Å². The summed E-state index contributed by atoms with van der Waals surface area (Å²) in [6.07, 6.45) is 12.1. The highest BCUT2D eigenvalue weighted by Crippen LogP contribution is 2.67. The van der Waals surface area contributed by atoms with Gasteiger partial charge in [-0.2, -0.15) is 0 Å². The number of aliphatic hydroxyl groups excluding tert-OH is 3. The standard InChI is InChI=1S/C34H58O5/c1-7-20(2)21(3)8-9-22(4)26-12-13-27-25-11-10-23-18-24(39-32-31(37)30(36)29(35)19-38-32)14-16-33(23,5)28(25)15-17-34(26,27)6/h10,20-22,24-32,35-37H,7-9,11-19H2,1-6H3. The molecule has 0 aromatic rings. The molecule has 3 N–H and O–H groups in total. The van der Waals surface area contributed by atoms with Crippen molar-refractivity contribution in [3.8, 4) is 0 Å². The van der Waals surface area contributed by atoms with Crippen molar-refractivity contribution in [2.45, 2.75) is 143 Å². The van der Waals surface area contributed by atoms with Gasteiger partial charge in [-0.1, -0.05) is 72.5 Å². The van der Waals surface area contributed by atoms with Crippen LogP contribution >= 0.6 is 0 Å². The van der Waals surface area contributed by atoms with Crippen molar-refractivity contribution >= 4 is 0 Å². The molecule has 39 heavy (non-hydrogen) atoms. The third kappa shape index (κ3) is 5.42. The van der Waals surface area contributed by atoms with Crippen molar-refractivity contribution < 1.29 is 24.8 Å². The summed E-state index contributed by atoms with van der Waals surface area (Å²) in [5.41, 5.74) is 2.31. The highest BCUT2D eigenvalue weighted by molar-refractivity contribution is 5.25. The monoisotopic (exact) mass is 546 g/mol. The van der Waals surface area contributed by atoms with Crippen LogP contribution in [0, 0.1) is 52.3 Å². The zero-order valence-corrected chi connectivity index (χ0v) is 25.6. The molecule has 0 spiro atoms. The van der Waals surface area contributed by atoms with Crippen molar-refractivity contribution in [3.05, 3.63) is 11.6 Å². The predicted molar refractivity (Wildman–Crippen MR) is 155 cm³/mol. The minimum Gasteiger partial charge on any atom is -0.388 e. The number of hydrogen-bond acceptors (Lipinski definition) is 5. The van der Waals surface area contributed by atoms with Crippen LogP contribution in [-0.4, -0.2) is 52.6 Å². The summed E-state index contributed by atoms with van der Waals surface area (Å²) < 4.78 is 11.8. The quantitative estimate of drug-likeness (QED) is 0.303. The molecule has 224 valence electrons. The van der Waals surface area contributed by atoms with Crippen LogP contribution in [0.15, 0.2) is 11.6 Å². The maximum absolute atomic E-state index is 10.4. The van der Waals surface area contributed by atoms with Gasteiger partial charge in [-0.3, -0.25) is 0 Å². The molecule has 3 saturated carbocycles. The SMILES string of the molecule is CCC(C)C(C)CCC(C)C1CCC2C3CC=C4CC(OC5OCC(O)C(O)C5O)CCC4(C)C3CCC12C. The van der Waals surface area contributed by atoms with E-state index in [2.05, 4.69) is 47.6 Å². The fourth-order valence-electron chi connectivity index (χ4n) is 10.2. The van der Waals surface area contributed by atoms with E-state index < -0.39 is 24.6 Å². The average Bonchev–Trinajstić information content (AvgIpc) is 3.28. The Kier molecular flexibility index (Phi) is 8.98. The second kappa shape index (κ2) is 11.7. The van der Waals surface area contributed by atoms with E-state index in [0.29, 0.717) is 5.41 Å². The van der Waals surface area contributed by atoms with E-state index in [1.807, 2.05) is 0 Å². The Morgan fingerprint density at radius 2 is 1.72 bits per heavy atom. The Labute approximate surface area is 238 Å². The third-order valence-corrected chi connectivity index (χ3v) is 13.3. The lowest BCUT2D eigenvalue weighted by Gasteiger charge is -2.58. The van der Waals surface area contributed by atoms with Gasteiger partial charge in [0, 0.05) is 0 Å². The topological polar surface area (TPSA) is 79.2 Å². The van der Waals surface area contributed by atoms with Crippen LogP contribution in [0.4, 0.5) is 0 Å².